The first-order chi connectivity index (χ1) is 12.1. The van der Waals surface area contributed by atoms with Crippen LogP contribution in [0.1, 0.15) is 40.0 Å². The summed E-state index contributed by atoms with van der Waals surface area (Å²) in [5.74, 6) is -0.119. The van der Waals surface area contributed by atoms with E-state index < -0.39 is 17.7 Å². The molecular formula is C21H27FO3S. The lowest BCUT2D eigenvalue weighted by Crippen LogP contribution is -2.58. The van der Waals surface area contributed by atoms with Gasteiger partial charge in [0.05, 0.1) is 6.10 Å². The Bertz CT molecular complexity index is 731. The van der Waals surface area contributed by atoms with Crippen LogP contribution in [0.5, 0.6) is 0 Å². The second-order valence-corrected chi connectivity index (χ2v) is 9.86. The average molecular weight is 379 g/mol. The molecule has 0 aromatic rings. The van der Waals surface area contributed by atoms with Crippen molar-refractivity contribution in [3.05, 3.63) is 23.8 Å². The number of hydrogen-bond donors (Lipinski definition) is 2. The number of rotatable bonds is 1. The molecule has 0 saturated heterocycles. The summed E-state index contributed by atoms with van der Waals surface area (Å²) in [6.07, 6.45) is 4.67. The smallest absolute Gasteiger partial charge is 0.189 e. The van der Waals surface area contributed by atoms with Crippen LogP contribution < -0.4 is 0 Å². The van der Waals surface area contributed by atoms with Gasteiger partial charge in [-0.25, -0.2) is 4.39 Å². The third-order valence-corrected chi connectivity index (χ3v) is 8.36. The molecule has 0 bridgehead atoms. The maximum Gasteiger partial charge on any atom is 0.189 e. The summed E-state index contributed by atoms with van der Waals surface area (Å²) in [4.78, 5) is 24.0. The van der Waals surface area contributed by atoms with E-state index in [1.54, 1.807) is 6.08 Å². The SMILES string of the molecule is C[C@@H]1CC2C3C[C@H](F)C4=CC(=O)C=C[C@]4(C)C3[C@@H](O)CC2(C)[C@H]1C(=O)S. The summed E-state index contributed by atoms with van der Waals surface area (Å²) < 4.78 is 15.2. The third-order valence-electron chi connectivity index (χ3n) is 8.08. The van der Waals surface area contributed by atoms with Crippen LogP contribution in [0, 0.1) is 40.4 Å². The van der Waals surface area contributed by atoms with Gasteiger partial charge in [0.15, 0.2) is 10.9 Å². The van der Waals surface area contributed by atoms with Crippen LogP contribution in [0.3, 0.4) is 0 Å². The van der Waals surface area contributed by atoms with Crippen molar-refractivity contribution in [1.29, 1.82) is 0 Å². The number of halogens is 1. The van der Waals surface area contributed by atoms with Crippen molar-refractivity contribution < 1.29 is 19.1 Å². The largest absolute Gasteiger partial charge is 0.393 e. The summed E-state index contributed by atoms with van der Waals surface area (Å²) >= 11 is 4.14. The molecule has 1 N–H and O–H groups in total. The molecule has 3 saturated carbocycles. The predicted molar refractivity (Wildman–Crippen MR) is 100 cm³/mol. The molecule has 142 valence electrons. The Kier molecular flexibility index (Phi) is 4.09. The van der Waals surface area contributed by atoms with Gasteiger partial charge in [-0.05, 0) is 60.2 Å². The highest BCUT2D eigenvalue weighted by atomic mass is 32.1. The number of allylic oxidation sites excluding steroid dienone is 4. The van der Waals surface area contributed by atoms with Gasteiger partial charge in [0.2, 0.25) is 0 Å². The third kappa shape index (κ3) is 2.29. The zero-order chi connectivity index (χ0) is 19.0. The van der Waals surface area contributed by atoms with E-state index in [0.29, 0.717) is 18.4 Å². The van der Waals surface area contributed by atoms with E-state index in [0.717, 1.165) is 6.42 Å². The molecule has 0 radical (unpaired) electrons. The number of aliphatic hydroxyl groups is 1. The molecule has 5 heteroatoms. The van der Waals surface area contributed by atoms with Crippen LogP contribution in [-0.2, 0) is 9.59 Å². The molecule has 26 heavy (non-hydrogen) atoms. The Hall–Kier alpha value is -0.940. The zero-order valence-electron chi connectivity index (χ0n) is 15.5. The van der Waals surface area contributed by atoms with Crippen LogP contribution in [0.15, 0.2) is 23.8 Å². The lowest BCUT2D eigenvalue weighted by atomic mass is 9.46. The number of hydrogen-bond acceptors (Lipinski definition) is 3. The van der Waals surface area contributed by atoms with Crippen LogP contribution in [0.4, 0.5) is 4.39 Å². The van der Waals surface area contributed by atoms with Gasteiger partial charge in [0.1, 0.15) is 6.17 Å². The van der Waals surface area contributed by atoms with E-state index in [-0.39, 0.29) is 45.9 Å². The highest BCUT2D eigenvalue weighted by molar-refractivity contribution is 7.96. The molecule has 4 unspecified atom stereocenters. The summed E-state index contributed by atoms with van der Waals surface area (Å²) in [7, 11) is 0. The number of thiol groups is 1. The van der Waals surface area contributed by atoms with Crippen molar-refractivity contribution >= 4 is 23.5 Å². The fourth-order valence-electron chi connectivity index (χ4n) is 7.23. The standard InChI is InChI=1S/C21H27FO3S/c1-10-6-13-12-8-15(22)14-7-11(23)4-5-20(14,2)18(12)16(24)9-21(13,3)17(10)19(25)26/h4-5,7,10,12-13,15-18,24H,6,8-9H2,1-3H3,(H,25,26)/t10-,12?,13?,15+,16+,17-,18?,20+,21?/m1/s1. The van der Waals surface area contributed by atoms with Crippen LogP contribution >= 0.6 is 12.6 Å². The molecule has 0 aliphatic heterocycles. The number of carbonyl (C=O) groups excluding carboxylic acids is 2. The van der Waals surface area contributed by atoms with Gasteiger partial charge in [0, 0.05) is 17.3 Å². The van der Waals surface area contributed by atoms with Gasteiger partial charge in [-0.2, -0.15) is 0 Å². The monoisotopic (exact) mass is 378 g/mol. The number of fused-ring (bicyclic) bond motifs is 5. The predicted octanol–water partition coefficient (Wildman–Crippen LogP) is 3.53. The van der Waals surface area contributed by atoms with Crippen molar-refractivity contribution in [2.24, 2.45) is 40.4 Å². The van der Waals surface area contributed by atoms with Gasteiger partial charge in [-0.15, -0.1) is 12.6 Å². The minimum atomic E-state index is -1.18. The summed E-state index contributed by atoms with van der Waals surface area (Å²) in [5, 5.41) is 11.0. The minimum absolute atomic E-state index is 0.00103. The fraction of sp³-hybridized carbons (Fsp3) is 0.714. The van der Waals surface area contributed by atoms with E-state index in [1.165, 1.54) is 12.2 Å². The van der Waals surface area contributed by atoms with Crippen molar-refractivity contribution in [2.45, 2.75) is 52.3 Å². The van der Waals surface area contributed by atoms with E-state index in [9.17, 15) is 14.7 Å². The minimum Gasteiger partial charge on any atom is -0.393 e. The van der Waals surface area contributed by atoms with Crippen LogP contribution in [-0.4, -0.2) is 28.3 Å². The first-order valence-corrected chi connectivity index (χ1v) is 10.0. The molecule has 4 rings (SSSR count). The molecule has 9 atom stereocenters. The van der Waals surface area contributed by atoms with E-state index in [2.05, 4.69) is 26.5 Å². The summed E-state index contributed by atoms with van der Waals surface area (Å²) in [6, 6.07) is 0. The first-order valence-electron chi connectivity index (χ1n) is 9.60. The molecule has 0 amide bonds. The molecular weight excluding hydrogens is 351 g/mol. The first kappa shape index (κ1) is 18.4. The van der Waals surface area contributed by atoms with E-state index in [1.807, 2.05) is 6.92 Å². The van der Waals surface area contributed by atoms with Crippen molar-refractivity contribution in [1.82, 2.24) is 0 Å². The quantitative estimate of drug-likeness (QED) is 0.687. The summed E-state index contributed by atoms with van der Waals surface area (Å²) in [6.45, 7) is 6.11. The Morgan fingerprint density at radius 3 is 2.69 bits per heavy atom. The number of carbonyl (C=O) groups is 2. The number of alkyl halides is 1. The molecule has 0 aromatic heterocycles. The lowest BCUT2D eigenvalue weighted by Gasteiger charge is -2.59. The van der Waals surface area contributed by atoms with Crippen molar-refractivity contribution in [2.75, 3.05) is 0 Å². The maximum atomic E-state index is 15.2. The second kappa shape index (κ2) is 5.78. The number of ketones is 1. The average Bonchev–Trinajstić information content (AvgIpc) is 2.79. The Morgan fingerprint density at radius 2 is 2.04 bits per heavy atom. The molecule has 3 fully saturated rings. The van der Waals surface area contributed by atoms with E-state index in [4.69, 9.17) is 0 Å². The molecule has 4 aliphatic carbocycles. The topological polar surface area (TPSA) is 54.4 Å². The van der Waals surface area contributed by atoms with E-state index >= 15 is 4.39 Å². The lowest BCUT2D eigenvalue weighted by molar-refractivity contribution is -0.137. The molecule has 0 heterocycles. The van der Waals surface area contributed by atoms with Gasteiger partial charge in [-0.3, -0.25) is 9.59 Å². The van der Waals surface area contributed by atoms with Crippen LogP contribution in [0.2, 0.25) is 0 Å². The van der Waals surface area contributed by atoms with Crippen molar-refractivity contribution in [3.63, 3.8) is 0 Å². The highest BCUT2D eigenvalue weighted by Gasteiger charge is 2.65. The van der Waals surface area contributed by atoms with Crippen molar-refractivity contribution in [3.8, 4) is 0 Å². The fourth-order valence-corrected chi connectivity index (χ4v) is 7.78. The Labute approximate surface area is 159 Å². The summed E-state index contributed by atoms with van der Waals surface area (Å²) in [5.41, 5.74) is -0.463. The Balaban J connectivity index is 1.79. The molecule has 0 aromatic carbocycles. The Morgan fingerprint density at radius 1 is 1.35 bits per heavy atom. The molecule has 4 aliphatic rings. The maximum absolute atomic E-state index is 15.2. The highest BCUT2D eigenvalue weighted by Crippen LogP contribution is 2.67. The zero-order valence-corrected chi connectivity index (χ0v) is 16.4. The second-order valence-electron chi connectivity index (χ2n) is 9.42. The van der Waals surface area contributed by atoms with Gasteiger partial charge in [0.25, 0.3) is 0 Å². The van der Waals surface area contributed by atoms with Gasteiger partial charge < -0.3 is 5.11 Å². The number of aliphatic hydroxyl groups excluding tert-OH is 1. The molecule has 0 spiro atoms. The van der Waals surface area contributed by atoms with Gasteiger partial charge >= 0.3 is 0 Å². The van der Waals surface area contributed by atoms with Gasteiger partial charge in [-0.1, -0.05) is 26.8 Å². The molecule has 3 nitrogen and oxygen atoms in total. The normalized spacial score (nSPS) is 52.8. The van der Waals surface area contributed by atoms with Crippen LogP contribution in [0.25, 0.3) is 0 Å².